The topological polar surface area (TPSA) is 64.2 Å². The molecular formula is C31H45ClN4O3. The first-order chi connectivity index (χ1) is 18.1. The van der Waals surface area contributed by atoms with E-state index in [1.807, 2.05) is 18.7 Å². The Labute approximate surface area is 239 Å². The van der Waals surface area contributed by atoms with Gasteiger partial charge in [0.05, 0.1) is 0 Å². The summed E-state index contributed by atoms with van der Waals surface area (Å²) in [7, 11) is 1.64. The largest absolute Gasteiger partial charge is 0.341 e. The molecular weight excluding hydrogens is 512 g/mol. The van der Waals surface area contributed by atoms with Gasteiger partial charge in [0.15, 0.2) is 0 Å². The van der Waals surface area contributed by atoms with Crippen LogP contribution in [0.4, 0.5) is 4.79 Å². The van der Waals surface area contributed by atoms with Crippen LogP contribution in [0, 0.1) is 11.3 Å². The molecule has 2 bridgehead atoms. The third-order valence-electron chi connectivity index (χ3n) is 10.7. The molecule has 5 fully saturated rings. The molecule has 4 aliphatic heterocycles. The van der Waals surface area contributed by atoms with Gasteiger partial charge < -0.3 is 9.80 Å². The van der Waals surface area contributed by atoms with E-state index in [-0.39, 0.29) is 35.8 Å². The number of carbonyl (C=O) groups is 3. The molecule has 1 saturated carbocycles. The Balaban J connectivity index is 0.00000308. The molecule has 39 heavy (non-hydrogen) atoms. The third kappa shape index (κ3) is 4.48. The summed E-state index contributed by atoms with van der Waals surface area (Å²) >= 11 is 0. The van der Waals surface area contributed by atoms with Crippen LogP contribution in [0.3, 0.4) is 0 Å². The van der Waals surface area contributed by atoms with Gasteiger partial charge in [-0.05, 0) is 63.9 Å². The number of piperidine rings is 1. The lowest BCUT2D eigenvalue weighted by Gasteiger charge is -2.48. The van der Waals surface area contributed by atoms with Crippen LogP contribution >= 0.6 is 12.4 Å². The highest BCUT2D eigenvalue weighted by Gasteiger charge is 2.63. The van der Waals surface area contributed by atoms with Crippen LogP contribution in [0.25, 0.3) is 0 Å². The fraction of sp³-hybridized carbons (Fsp3) is 0.710. The van der Waals surface area contributed by atoms with Gasteiger partial charge >= 0.3 is 6.03 Å². The summed E-state index contributed by atoms with van der Waals surface area (Å²) in [6, 6.07) is 11.2. The maximum atomic E-state index is 13.7. The Morgan fingerprint density at radius 3 is 2.21 bits per heavy atom. The first-order valence-corrected chi connectivity index (χ1v) is 14.9. The van der Waals surface area contributed by atoms with Gasteiger partial charge in [0.2, 0.25) is 5.91 Å². The number of likely N-dealkylation sites (N-methyl/N-ethyl adjacent to an activating group) is 1. The number of urea groups is 1. The van der Waals surface area contributed by atoms with Gasteiger partial charge in [-0.2, -0.15) is 0 Å². The van der Waals surface area contributed by atoms with E-state index in [0.717, 1.165) is 71.0 Å². The maximum Gasteiger partial charge on any atom is 0.327 e. The van der Waals surface area contributed by atoms with E-state index in [2.05, 4.69) is 47.1 Å². The summed E-state index contributed by atoms with van der Waals surface area (Å²) in [6.07, 6.45) is 7.93. The quantitative estimate of drug-likeness (QED) is 0.484. The van der Waals surface area contributed by atoms with E-state index in [9.17, 15) is 14.4 Å². The van der Waals surface area contributed by atoms with Crippen LogP contribution in [0.2, 0.25) is 0 Å². The number of hydrogen-bond donors (Lipinski definition) is 0. The number of rotatable bonds is 5. The van der Waals surface area contributed by atoms with Crippen LogP contribution in [0.5, 0.6) is 0 Å². The molecule has 8 heteroatoms. The summed E-state index contributed by atoms with van der Waals surface area (Å²) in [5, 5.41) is 0. The van der Waals surface area contributed by atoms with E-state index in [1.54, 1.807) is 7.05 Å². The van der Waals surface area contributed by atoms with E-state index in [4.69, 9.17) is 0 Å². The average Bonchev–Trinajstić information content (AvgIpc) is 3.63. The van der Waals surface area contributed by atoms with Gasteiger partial charge in [0.1, 0.15) is 5.54 Å². The van der Waals surface area contributed by atoms with Crippen molar-refractivity contribution in [3.63, 3.8) is 0 Å². The standard InChI is InChI=1S/C31H44N4O3.ClH/c1-21(2)35-29(38)32(4)28(37)31(35)16-24-12-13-25(17-31)34(24)19-23-18-33(27(36)30(3)14-8-9-15-30)20-26(23)22-10-6-5-7-11-22;/h5-7,10-11,21,23-26H,8-9,12-20H2,1-4H3;1H/t23-,24?,25?,26-,31?;/m1./s1. The molecule has 1 spiro atoms. The van der Waals surface area contributed by atoms with Crippen molar-refractivity contribution < 1.29 is 14.4 Å². The smallest absolute Gasteiger partial charge is 0.327 e. The first-order valence-electron chi connectivity index (χ1n) is 14.9. The van der Waals surface area contributed by atoms with Gasteiger partial charge in [-0.1, -0.05) is 50.1 Å². The fourth-order valence-electron chi connectivity index (χ4n) is 8.87. The predicted octanol–water partition coefficient (Wildman–Crippen LogP) is 4.90. The molecule has 4 saturated heterocycles. The number of benzene rings is 1. The summed E-state index contributed by atoms with van der Waals surface area (Å²) < 4.78 is 0. The normalized spacial score (nSPS) is 34.0. The maximum absolute atomic E-state index is 13.7. The number of halogens is 1. The van der Waals surface area contributed by atoms with Crippen molar-refractivity contribution in [3.8, 4) is 0 Å². The number of amides is 4. The molecule has 6 rings (SSSR count). The predicted molar refractivity (Wildman–Crippen MR) is 154 cm³/mol. The highest BCUT2D eigenvalue weighted by Crippen LogP contribution is 2.49. The monoisotopic (exact) mass is 556 g/mol. The molecule has 0 radical (unpaired) electrons. The molecule has 5 aliphatic rings. The number of fused-ring (bicyclic) bond motifs is 2. The van der Waals surface area contributed by atoms with Gasteiger partial charge in [0.25, 0.3) is 5.91 Å². The zero-order chi connectivity index (χ0) is 26.8. The van der Waals surface area contributed by atoms with Crippen LogP contribution in [-0.2, 0) is 9.59 Å². The van der Waals surface area contributed by atoms with Crippen LogP contribution in [-0.4, -0.2) is 87.8 Å². The molecule has 1 aliphatic carbocycles. The molecule has 214 valence electrons. The minimum Gasteiger partial charge on any atom is -0.341 e. The number of carbonyl (C=O) groups excluding carboxylic acids is 3. The molecule has 4 amide bonds. The molecule has 7 nitrogen and oxygen atoms in total. The van der Waals surface area contributed by atoms with Gasteiger partial charge in [-0.15, -0.1) is 12.4 Å². The molecule has 1 aromatic carbocycles. The van der Waals surface area contributed by atoms with Crippen molar-refractivity contribution in [1.29, 1.82) is 0 Å². The molecule has 0 aromatic heterocycles. The van der Waals surface area contributed by atoms with E-state index in [1.165, 1.54) is 10.5 Å². The fourth-order valence-corrected chi connectivity index (χ4v) is 8.87. The Bertz CT molecular complexity index is 1090. The van der Waals surface area contributed by atoms with Crippen LogP contribution in [0.1, 0.15) is 83.6 Å². The second-order valence-corrected chi connectivity index (χ2v) is 13.4. The van der Waals surface area contributed by atoms with Crippen molar-refractivity contribution in [2.24, 2.45) is 11.3 Å². The Kier molecular flexibility index (Phi) is 7.55. The highest BCUT2D eigenvalue weighted by atomic mass is 35.5. The summed E-state index contributed by atoms with van der Waals surface area (Å²) in [6.45, 7) is 8.79. The Hall–Kier alpha value is -2.12. The van der Waals surface area contributed by atoms with Gasteiger partial charge in [0, 0.05) is 56.1 Å². The molecule has 2 unspecified atom stereocenters. The second-order valence-electron chi connectivity index (χ2n) is 13.4. The number of imide groups is 1. The van der Waals surface area contributed by atoms with Crippen molar-refractivity contribution in [1.82, 2.24) is 19.6 Å². The van der Waals surface area contributed by atoms with E-state index >= 15 is 0 Å². The van der Waals surface area contributed by atoms with Crippen LogP contribution < -0.4 is 0 Å². The Morgan fingerprint density at radius 2 is 1.62 bits per heavy atom. The first kappa shape index (κ1) is 28.4. The summed E-state index contributed by atoms with van der Waals surface area (Å²) in [5.41, 5.74) is 0.430. The third-order valence-corrected chi connectivity index (χ3v) is 10.7. The lowest BCUT2D eigenvalue weighted by Crippen LogP contribution is -2.62. The molecule has 4 atom stereocenters. The Morgan fingerprint density at radius 1 is 1.00 bits per heavy atom. The van der Waals surface area contributed by atoms with Gasteiger partial charge in [-0.25, -0.2) is 4.79 Å². The number of likely N-dealkylation sites (tertiary alicyclic amines) is 1. The average molecular weight is 557 g/mol. The minimum absolute atomic E-state index is 0. The zero-order valence-corrected chi connectivity index (χ0v) is 24.8. The van der Waals surface area contributed by atoms with Crippen molar-refractivity contribution >= 4 is 30.3 Å². The molecule has 0 N–H and O–H groups in total. The minimum atomic E-state index is -0.699. The SMILES string of the molecule is CC(C)N1C(=O)N(C)C(=O)C12CC1CCC(C2)N1C[C@H]1CN(C(=O)C2(C)CCCC2)C[C@@H]1c1ccccc1.Cl. The number of nitrogens with zero attached hydrogens (tertiary/aromatic N) is 4. The zero-order valence-electron chi connectivity index (χ0n) is 24.0. The van der Waals surface area contributed by atoms with Crippen molar-refractivity contribution in [2.45, 2.75) is 102 Å². The van der Waals surface area contributed by atoms with Crippen molar-refractivity contribution in [2.75, 3.05) is 26.7 Å². The summed E-state index contributed by atoms with van der Waals surface area (Å²) in [5.74, 6) is 1.03. The van der Waals surface area contributed by atoms with Crippen LogP contribution in [0.15, 0.2) is 30.3 Å². The molecule has 4 heterocycles. The van der Waals surface area contributed by atoms with Crippen molar-refractivity contribution in [3.05, 3.63) is 35.9 Å². The molecule has 1 aromatic rings. The lowest BCUT2D eigenvalue weighted by molar-refractivity contribution is -0.140. The van der Waals surface area contributed by atoms with Gasteiger partial charge in [-0.3, -0.25) is 19.4 Å². The number of hydrogen-bond acceptors (Lipinski definition) is 4. The highest BCUT2D eigenvalue weighted by molar-refractivity contribution is 6.07. The summed E-state index contributed by atoms with van der Waals surface area (Å²) in [4.78, 5) is 48.3. The second kappa shape index (κ2) is 10.4. The van der Waals surface area contributed by atoms with E-state index < -0.39 is 5.54 Å². The van der Waals surface area contributed by atoms with E-state index in [0.29, 0.717) is 29.8 Å². The lowest BCUT2D eigenvalue weighted by atomic mass is 9.79.